The number of rotatable bonds is 4. The Morgan fingerprint density at radius 3 is 2.69 bits per heavy atom. The molecule has 1 aromatic rings. The molecule has 0 aliphatic carbocycles. The van der Waals surface area contributed by atoms with Crippen LogP contribution in [0, 0.1) is 0 Å². The summed E-state index contributed by atoms with van der Waals surface area (Å²) < 4.78 is 5.21. The first-order chi connectivity index (χ1) is 6.33. The summed E-state index contributed by atoms with van der Waals surface area (Å²) in [6, 6.07) is 7.32. The molecule has 1 atom stereocenters. The zero-order valence-electron chi connectivity index (χ0n) is 7.61. The number of methoxy groups -OCH3 is 1. The summed E-state index contributed by atoms with van der Waals surface area (Å²) in [6.07, 6.45) is 3.84. The Bertz CT molecular complexity index is 282. The van der Waals surface area contributed by atoms with E-state index in [1.807, 2.05) is 30.7 Å². The van der Waals surface area contributed by atoms with Gasteiger partial charge < -0.3 is 4.74 Å². The van der Waals surface area contributed by atoms with Gasteiger partial charge in [-0.1, -0.05) is 24.3 Å². The van der Waals surface area contributed by atoms with E-state index in [-0.39, 0.29) is 5.44 Å². The fourth-order valence-electron chi connectivity index (χ4n) is 1.15. The number of carbonyl (C=O) groups excluding carboxylic acids is 1. The molecular formula is C10H11O2S. The molecule has 0 fully saturated rings. The first-order valence-corrected chi connectivity index (χ1v) is 5.15. The van der Waals surface area contributed by atoms with Crippen LogP contribution in [0.3, 0.4) is 0 Å². The van der Waals surface area contributed by atoms with Crippen molar-refractivity contribution < 1.29 is 9.53 Å². The Morgan fingerprint density at radius 2 is 2.15 bits per heavy atom. The Morgan fingerprint density at radius 1 is 1.46 bits per heavy atom. The summed E-state index contributed by atoms with van der Waals surface area (Å²) in [5.74, 6) is 0. The van der Waals surface area contributed by atoms with Crippen LogP contribution in [0.1, 0.15) is 16.6 Å². The predicted molar refractivity (Wildman–Crippen MR) is 54.5 cm³/mol. The number of benzene rings is 1. The summed E-state index contributed by atoms with van der Waals surface area (Å²) in [4.78, 5) is 10.6. The molecule has 1 aromatic carbocycles. The van der Waals surface area contributed by atoms with Crippen LogP contribution < -0.4 is 0 Å². The van der Waals surface area contributed by atoms with Gasteiger partial charge in [-0.05, 0) is 6.26 Å². The standard InChI is InChI=1S/C10H11O2S/c1-12-10(13-2)9-6-4-3-5-8(9)7-11/h3-6,10H,1-2H3. The topological polar surface area (TPSA) is 26.3 Å². The molecule has 0 aliphatic heterocycles. The van der Waals surface area contributed by atoms with Crippen molar-refractivity contribution in [3.8, 4) is 0 Å². The Kier molecular flexibility index (Phi) is 3.99. The Balaban J connectivity index is 3.03. The van der Waals surface area contributed by atoms with Crippen molar-refractivity contribution in [1.82, 2.24) is 0 Å². The second-order valence-corrected chi connectivity index (χ2v) is 3.39. The van der Waals surface area contributed by atoms with E-state index >= 15 is 0 Å². The molecule has 13 heavy (non-hydrogen) atoms. The highest BCUT2D eigenvalue weighted by atomic mass is 32.2. The van der Waals surface area contributed by atoms with E-state index in [4.69, 9.17) is 4.74 Å². The van der Waals surface area contributed by atoms with Gasteiger partial charge >= 0.3 is 0 Å². The Hall–Kier alpha value is -0.800. The second kappa shape index (κ2) is 5.04. The monoisotopic (exact) mass is 195 g/mol. The minimum Gasteiger partial charge on any atom is -0.366 e. The third-order valence-electron chi connectivity index (χ3n) is 1.75. The molecule has 0 aromatic heterocycles. The molecule has 0 heterocycles. The molecular weight excluding hydrogens is 184 g/mol. The highest BCUT2D eigenvalue weighted by Crippen LogP contribution is 2.28. The van der Waals surface area contributed by atoms with Gasteiger partial charge in [-0.15, -0.1) is 11.8 Å². The van der Waals surface area contributed by atoms with Crippen molar-refractivity contribution in [2.45, 2.75) is 5.44 Å². The van der Waals surface area contributed by atoms with Gasteiger partial charge in [0.05, 0.1) is 0 Å². The molecule has 1 unspecified atom stereocenters. The number of thioether (sulfide) groups is 1. The van der Waals surface area contributed by atoms with Gasteiger partial charge in [0.25, 0.3) is 0 Å². The van der Waals surface area contributed by atoms with Crippen LogP contribution in [0.2, 0.25) is 0 Å². The smallest absolute Gasteiger partial charge is 0.233 e. The minimum absolute atomic E-state index is 0.0855. The van der Waals surface area contributed by atoms with E-state index in [1.54, 1.807) is 24.9 Å². The average Bonchev–Trinajstić information content (AvgIpc) is 2.20. The van der Waals surface area contributed by atoms with Crippen LogP contribution in [0.4, 0.5) is 0 Å². The fourth-order valence-corrected chi connectivity index (χ4v) is 1.80. The number of hydrogen-bond acceptors (Lipinski definition) is 3. The third kappa shape index (κ3) is 2.32. The predicted octanol–water partition coefficient (Wildman–Crippen LogP) is 2.15. The molecule has 69 valence electrons. The van der Waals surface area contributed by atoms with Gasteiger partial charge in [-0.3, -0.25) is 4.79 Å². The quantitative estimate of drug-likeness (QED) is 0.689. The molecule has 0 aliphatic rings. The maximum Gasteiger partial charge on any atom is 0.233 e. The third-order valence-corrected chi connectivity index (χ3v) is 2.63. The maximum absolute atomic E-state index is 10.6. The molecule has 0 saturated heterocycles. The SMILES string of the molecule is COC(SC)c1ccccc1[C]=O. The lowest BCUT2D eigenvalue weighted by atomic mass is 10.1. The van der Waals surface area contributed by atoms with E-state index in [0.717, 1.165) is 5.56 Å². The second-order valence-electron chi connectivity index (χ2n) is 2.49. The van der Waals surface area contributed by atoms with Crippen LogP contribution in [0.5, 0.6) is 0 Å². The number of hydrogen-bond donors (Lipinski definition) is 0. The summed E-state index contributed by atoms with van der Waals surface area (Å²) >= 11 is 1.55. The largest absolute Gasteiger partial charge is 0.366 e. The van der Waals surface area contributed by atoms with Crippen molar-refractivity contribution in [2.75, 3.05) is 13.4 Å². The van der Waals surface area contributed by atoms with E-state index in [0.29, 0.717) is 5.56 Å². The highest BCUT2D eigenvalue weighted by molar-refractivity contribution is 7.98. The summed E-state index contributed by atoms with van der Waals surface area (Å²) in [7, 11) is 1.63. The van der Waals surface area contributed by atoms with Crippen molar-refractivity contribution in [2.24, 2.45) is 0 Å². The number of ether oxygens (including phenoxy) is 1. The summed E-state index contributed by atoms with van der Waals surface area (Å²) in [5.41, 5.74) is 1.37. The van der Waals surface area contributed by atoms with Crippen molar-refractivity contribution in [1.29, 1.82) is 0 Å². The molecule has 2 nitrogen and oxygen atoms in total. The average molecular weight is 195 g/mol. The molecule has 0 N–H and O–H groups in total. The fraction of sp³-hybridized carbons (Fsp3) is 0.300. The zero-order chi connectivity index (χ0) is 9.68. The molecule has 1 radical (unpaired) electrons. The van der Waals surface area contributed by atoms with Crippen molar-refractivity contribution >= 4 is 18.0 Å². The molecule has 0 amide bonds. The van der Waals surface area contributed by atoms with Gasteiger partial charge in [0.2, 0.25) is 6.29 Å². The first-order valence-electron chi connectivity index (χ1n) is 3.86. The van der Waals surface area contributed by atoms with Crippen LogP contribution in [0.15, 0.2) is 24.3 Å². The molecule has 3 heteroatoms. The van der Waals surface area contributed by atoms with E-state index in [9.17, 15) is 4.79 Å². The van der Waals surface area contributed by atoms with Crippen molar-refractivity contribution in [3.05, 3.63) is 35.4 Å². The lowest BCUT2D eigenvalue weighted by Gasteiger charge is -2.13. The van der Waals surface area contributed by atoms with Crippen LogP contribution >= 0.6 is 11.8 Å². The van der Waals surface area contributed by atoms with E-state index in [2.05, 4.69) is 0 Å². The molecule has 1 rings (SSSR count). The zero-order valence-corrected chi connectivity index (χ0v) is 8.43. The lowest BCUT2D eigenvalue weighted by Crippen LogP contribution is -2.00. The summed E-state index contributed by atoms with van der Waals surface area (Å²) in [6.45, 7) is 0. The lowest BCUT2D eigenvalue weighted by molar-refractivity contribution is 0.176. The van der Waals surface area contributed by atoms with E-state index < -0.39 is 0 Å². The van der Waals surface area contributed by atoms with Gasteiger partial charge in [0.15, 0.2) is 0 Å². The summed E-state index contributed by atoms with van der Waals surface area (Å²) in [5, 5.41) is 0. The van der Waals surface area contributed by atoms with Crippen LogP contribution in [0.25, 0.3) is 0 Å². The van der Waals surface area contributed by atoms with Crippen LogP contribution in [-0.2, 0) is 9.53 Å². The normalized spacial score (nSPS) is 12.5. The Labute approximate surface area is 82.3 Å². The van der Waals surface area contributed by atoms with Gasteiger partial charge in [-0.25, -0.2) is 0 Å². The van der Waals surface area contributed by atoms with Crippen molar-refractivity contribution in [3.63, 3.8) is 0 Å². The molecule has 0 saturated carbocycles. The minimum atomic E-state index is -0.0855. The van der Waals surface area contributed by atoms with Crippen LogP contribution in [-0.4, -0.2) is 19.7 Å². The van der Waals surface area contributed by atoms with Gasteiger partial charge in [0, 0.05) is 18.2 Å². The van der Waals surface area contributed by atoms with E-state index in [1.165, 1.54) is 0 Å². The first kappa shape index (κ1) is 10.3. The van der Waals surface area contributed by atoms with Gasteiger partial charge in [-0.2, -0.15) is 0 Å². The highest BCUT2D eigenvalue weighted by Gasteiger charge is 2.12. The molecule has 0 spiro atoms. The molecule has 0 bridgehead atoms. The van der Waals surface area contributed by atoms with Gasteiger partial charge in [0.1, 0.15) is 5.44 Å². The maximum atomic E-state index is 10.6.